The Labute approximate surface area is 155 Å². The van der Waals surface area contributed by atoms with Crippen LogP contribution in [0.3, 0.4) is 0 Å². The normalized spacial score (nSPS) is 11.2. The van der Waals surface area contributed by atoms with Crippen molar-refractivity contribution in [1.29, 1.82) is 0 Å². The number of para-hydroxylation sites is 2. The zero-order chi connectivity index (χ0) is 19.8. The lowest BCUT2D eigenvalue weighted by molar-refractivity contribution is -0.146. The van der Waals surface area contributed by atoms with Gasteiger partial charge in [-0.25, -0.2) is 4.79 Å². The SMILES string of the molecule is CC(=O)C(=O)Oc1ccccc1.NC(Cc1c[nH]c2ccccc12)C(=O)O. The number of aliphatic carboxylic acids is 1. The van der Waals surface area contributed by atoms with Gasteiger partial charge in [0.2, 0.25) is 5.78 Å². The van der Waals surface area contributed by atoms with Crippen LogP contribution in [0.1, 0.15) is 12.5 Å². The van der Waals surface area contributed by atoms with E-state index >= 15 is 0 Å². The van der Waals surface area contributed by atoms with Gasteiger partial charge < -0.3 is 20.6 Å². The number of carboxylic acids is 1. The van der Waals surface area contributed by atoms with Crippen LogP contribution in [0.15, 0.2) is 60.8 Å². The monoisotopic (exact) mass is 368 g/mol. The number of aromatic nitrogens is 1. The molecule has 2 aromatic carbocycles. The number of Topliss-reactive ketones (excluding diaryl/α,β-unsaturated/α-hetero) is 1. The van der Waals surface area contributed by atoms with Gasteiger partial charge in [-0.05, 0) is 23.8 Å². The fraction of sp³-hybridized carbons (Fsp3) is 0.150. The summed E-state index contributed by atoms with van der Waals surface area (Å²) in [5, 5.41) is 9.75. The van der Waals surface area contributed by atoms with Crippen molar-refractivity contribution < 1.29 is 24.2 Å². The second-order valence-electron chi connectivity index (χ2n) is 5.77. The number of rotatable bonds is 5. The van der Waals surface area contributed by atoms with Crippen molar-refractivity contribution in [2.75, 3.05) is 0 Å². The van der Waals surface area contributed by atoms with E-state index in [4.69, 9.17) is 10.8 Å². The number of benzene rings is 2. The van der Waals surface area contributed by atoms with Crippen molar-refractivity contribution in [3.63, 3.8) is 0 Å². The minimum Gasteiger partial charge on any atom is -0.480 e. The smallest absolute Gasteiger partial charge is 0.379 e. The molecule has 7 heteroatoms. The average Bonchev–Trinajstić information content (AvgIpc) is 3.06. The predicted octanol–water partition coefficient (Wildman–Crippen LogP) is 2.30. The Morgan fingerprint density at radius 3 is 2.33 bits per heavy atom. The van der Waals surface area contributed by atoms with Crippen molar-refractivity contribution in [2.45, 2.75) is 19.4 Å². The van der Waals surface area contributed by atoms with E-state index in [0.717, 1.165) is 16.5 Å². The molecule has 0 radical (unpaired) electrons. The fourth-order valence-electron chi connectivity index (χ4n) is 2.29. The Bertz CT molecular complexity index is 934. The zero-order valence-corrected chi connectivity index (χ0v) is 14.7. The predicted molar refractivity (Wildman–Crippen MR) is 100 cm³/mol. The van der Waals surface area contributed by atoms with Gasteiger partial charge in [0.25, 0.3) is 0 Å². The standard InChI is InChI=1S/C11H12N2O2.C9H8O3/c12-9(11(14)15)5-7-6-13-10-4-2-1-3-8(7)10;1-7(10)9(11)12-8-5-3-2-4-6-8/h1-4,6,9,13H,5,12H2,(H,14,15);2-6H,1H3. The summed E-state index contributed by atoms with van der Waals surface area (Å²) in [5.74, 6) is -2.02. The van der Waals surface area contributed by atoms with Gasteiger partial charge in [-0.2, -0.15) is 0 Å². The van der Waals surface area contributed by atoms with Gasteiger partial charge >= 0.3 is 11.9 Å². The molecule has 0 aliphatic carbocycles. The number of carbonyl (C=O) groups excluding carboxylic acids is 2. The molecule has 1 aromatic heterocycles. The molecule has 3 aromatic rings. The highest BCUT2D eigenvalue weighted by atomic mass is 16.5. The summed E-state index contributed by atoms with van der Waals surface area (Å²) in [6.45, 7) is 1.17. The summed E-state index contributed by atoms with van der Waals surface area (Å²) >= 11 is 0. The van der Waals surface area contributed by atoms with Gasteiger partial charge in [-0.1, -0.05) is 36.4 Å². The lowest BCUT2D eigenvalue weighted by Gasteiger charge is -2.04. The summed E-state index contributed by atoms with van der Waals surface area (Å²) in [4.78, 5) is 34.9. The molecule has 0 spiro atoms. The molecular formula is C20H20N2O5. The lowest BCUT2D eigenvalue weighted by Crippen LogP contribution is -2.32. The molecule has 0 bridgehead atoms. The maximum atomic E-state index is 10.7. The Morgan fingerprint density at radius 1 is 1.07 bits per heavy atom. The van der Waals surface area contributed by atoms with E-state index in [2.05, 4.69) is 9.72 Å². The van der Waals surface area contributed by atoms with E-state index in [0.29, 0.717) is 12.2 Å². The number of H-pyrrole nitrogens is 1. The lowest BCUT2D eigenvalue weighted by atomic mass is 10.1. The summed E-state index contributed by atoms with van der Waals surface area (Å²) in [7, 11) is 0. The van der Waals surface area contributed by atoms with Crippen molar-refractivity contribution in [3.05, 3.63) is 66.4 Å². The van der Waals surface area contributed by atoms with Crippen LogP contribution in [0.2, 0.25) is 0 Å². The highest BCUT2D eigenvalue weighted by Crippen LogP contribution is 2.18. The van der Waals surface area contributed by atoms with Gasteiger partial charge in [0.15, 0.2) is 0 Å². The van der Waals surface area contributed by atoms with E-state index in [1.807, 2.05) is 30.5 Å². The van der Waals surface area contributed by atoms with Gasteiger partial charge in [0.05, 0.1) is 0 Å². The number of fused-ring (bicyclic) bond motifs is 1. The number of carbonyl (C=O) groups is 3. The largest absolute Gasteiger partial charge is 0.480 e. The Hall–Kier alpha value is -3.45. The number of ether oxygens (including phenoxy) is 1. The van der Waals surface area contributed by atoms with E-state index in [-0.39, 0.29) is 0 Å². The molecule has 1 heterocycles. The molecule has 0 fully saturated rings. The number of hydrogen-bond acceptors (Lipinski definition) is 5. The Balaban J connectivity index is 0.000000199. The summed E-state index contributed by atoms with van der Waals surface area (Å²) < 4.78 is 4.69. The van der Waals surface area contributed by atoms with Crippen LogP contribution in [0.4, 0.5) is 0 Å². The third-order valence-electron chi connectivity index (χ3n) is 3.67. The van der Waals surface area contributed by atoms with Gasteiger partial charge in [0, 0.05) is 30.4 Å². The molecule has 1 atom stereocenters. The van der Waals surface area contributed by atoms with Crippen LogP contribution < -0.4 is 10.5 Å². The number of nitrogens with one attached hydrogen (secondary N) is 1. The highest BCUT2D eigenvalue weighted by molar-refractivity contribution is 6.33. The first-order valence-electron chi connectivity index (χ1n) is 8.19. The van der Waals surface area contributed by atoms with Gasteiger partial charge in [-0.15, -0.1) is 0 Å². The molecule has 0 saturated carbocycles. The molecule has 0 aliphatic rings. The maximum absolute atomic E-state index is 10.7. The minimum atomic E-state index is -0.972. The number of aromatic amines is 1. The highest BCUT2D eigenvalue weighted by Gasteiger charge is 2.14. The van der Waals surface area contributed by atoms with E-state index < -0.39 is 23.8 Å². The number of esters is 1. The number of hydrogen-bond donors (Lipinski definition) is 3. The van der Waals surface area contributed by atoms with E-state index in [1.165, 1.54) is 6.92 Å². The number of nitrogens with two attached hydrogens (primary N) is 1. The van der Waals surface area contributed by atoms with Crippen molar-refractivity contribution >= 4 is 28.6 Å². The van der Waals surface area contributed by atoms with Gasteiger partial charge in [0.1, 0.15) is 11.8 Å². The maximum Gasteiger partial charge on any atom is 0.379 e. The van der Waals surface area contributed by atoms with Crippen LogP contribution in [-0.4, -0.2) is 33.9 Å². The van der Waals surface area contributed by atoms with Crippen molar-refractivity contribution in [2.24, 2.45) is 5.73 Å². The Kier molecular flexibility index (Phi) is 6.85. The minimum absolute atomic E-state index is 0.347. The van der Waals surface area contributed by atoms with Crippen molar-refractivity contribution in [3.8, 4) is 5.75 Å². The Morgan fingerprint density at radius 2 is 1.70 bits per heavy atom. The second kappa shape index (κ2) is 9.30. The molecule has 0 aliphatic heterocycles. The van der Waals surface area contributed by atoms with Gasteiger partial charge in [-0.3, -0.25) is 9.59 Å². The van der Waals surface area contributed by atoms with E-state index in [9.17, 15) is 14.4 Å². The van der Waals surface area contributed by atoms with Crippen LogP contribution in [0.25, 0.3) is 10.9 Å². The van der Waals surface area contributed by atoms with Crippen molar-refractivity contribution in [1.82, 2.24) is 4.98 Å². The molecule has 0 saturated heterocycles. The number of ketones is 1. The van der Waals surface area contributed by atoms with Crippen LogP contribution in [0.5, 0.6) is 5.75 Å². The molecule has 0 amide bonds. The average molecular weight is 368 g/mol. The fourth-order valence-corrected chi connectivity index (χ4v) is 2.29. The number of carboxylic acid groups (broad SMARTS) is 1. The first-order chi connectivity index (χ1) is 12.9. The molecule has 27 heavy (non-hydrogen) atoms. The quantitative estimate of drug-likeness (QED) is 0.361. The van der Waals surface area contributed by atoms with Crippen LogP contribution in [0, 0.1) is 0 Å². The third kappa shape index (κ3) is 5.79. The molecule has 140 valence electrons. The summed E-state index contributed by atoms with van der Waals surface area (Å²) in [6.07, 6.45) is 2.16. The molecule has 3 rings (SSSR count). The second-order valence-corrected chi connectivity index (χ2v) is 5.77. The molecule has 4 N–H and O–H groups in total. The molecular weight excluding hydrogens is 348 g/mol. The zero-order valence-electron chi connectivity index (χ0n) is 14.7. The van der Waals surface area contributed by atoms with E-state index in [1.54, 1.807) is 30.3 Å². The first kappa shape index (κ1) is 19.9. The summed E-state index contributed by atoms with van der Waals surface area (Å²) in [6, 6.07) is 15.4. The first-order valence-corrected chi connectivity index (χ1v) is 8.19. The third-order valence-corrected chi connectivity index (χ3v) is 3.67. The van der Waals surface area contributed by atoms with Crippen LogP contribution >= 0.6 is 0 Å². The van der Waals surface area contributed by atoms with Crippen LogP contribution in [-0.2, 0) is 20.8 Å². The molecule has 7 nitrogen and oxygen atoms in total. The summed E-state index contributed by atoms with van der Waals surface area (Å²) in [5.41, 5.74) is 7.43. The molecule has 1 unspecified atom stereocenters. The topological polar surface area (TPSA) is 122 Å².